The number of nitrogens with one attached hydrogen (secondary N) is 2. The summed E-state index contributed by atoms with van der Waals surface area (Å²) in [6.45, 7) is 3.84. The van der Waals surface area contributed by atoms with Crippen molar-refractivity contribution in [2.45, 2.75) is 13.8 Å². The van der Waals surface area contributed by atoms with Gasteiger partial charge in [0, 0.05) is 11.9 Å². The first-order chi connectivity index (χ1) is 12.0. The smallest absolute Gasteiger partial charge is 0.322 e. The molecule has 1 aromatic heterocycles. The molecule has 6 heteroatoms. The molecule has 3 rings (SSSR count). The second-order valence-corrected chi connectivity index (χ2v) is 5.81. The maximum atomic E-state index is 12.6. The molecule has 0 saturated heterocycles. The molecule has 0 atom stereocenters. The highest BCUT2D eigenvalue weighted by atomic mass is 16.2. The third kappa shape index (κ3) is 3.42. The summed E-state index contributed by atoms with van der Waals surface area (Å²) < 4.78 is 0.941. The second kappa shape index (κ2) is 6.60. The van der Waals surface area contributed by atoms with Gasteiger partial charge in [0.25, 0.3) is 11.5 Å². The first-order valence-corrected chi connectivity index (χ1v) is 7.75. The van der Waals surface area contributed by atoms with Crippen LogP contribution < -0.4 is 16.6 Å². The summed E-state index contributed by atoms with van der Waals surface area (Å²) in [5.74, 6) is -0.573. The molecule has 126 valence electrons. The maximum Gasteiger partial charge on any atom is 0.333 e. The van der Waals surface area contributed by atoms with E-state index in [-0.39, 0.29) is 5.56 Å². The number of benzene rings is 2. The first-order valence-electron chi connectivity index (χ1n) is 7.75. The summed E-state index contributed by atoms with van der Waals surface area (Å²) in [5, 5.41) is 2.70. The van der Waals surface area contributed by atoms with Gasteiger partial charge >= 0.3 is 5.69 Å². The first kappa shape index (κ1) is 16.4. The monoisotopic (exact) mass is 335 g/mol. The van der Waals surface area contributed by atoms with Gasteiger partial charge in [0.1, 0.15) is 5.56 Å². The molecule has 2 aromatic carbocycles. The van der Waals surface area contributed by atoms with Crippen molar-refractivity contribution in [3.63, 3.8) is 0 Å². The number of aromatic amines is 1. The van der Waals surface area contributed by atoms with Gasteiger partial charge in [0.15, 0.2) is 0 Å². The van der Waals surface area contributed by atoms with Crippen LogP contribution in [0.1, 0.15) is 21.5 Å². The van der Waals surface area contributed by atoms with E-state index >= 15 is 0 Å². The van der Waals surface area contributed by atoms with Gasteiger partial charge in [-0.2, -0.15) is 0 Å². The number of aromatic nitrogens is 2. The number of anilines is 1. The summed E-state index contributed by atoms with van der Waals surface area (Å²) in [6.07, 6.45) is 1.14. The summed E-state index contributed by atoms with van der Waals surface area (Å²) in [7, 11) is 0. The van der Waals surface area contributed by atoms with Gasteiger partial charge in [-0.3, -0.25) is 9.59 Å². The van der Waals surface area contributed by atoms with E-state index in [9.17, 15) is 14.4 Å². The molecule has 0 saturated carbocycles. The van der Waals surface area contributed by atoms with Crippen LogP contribution in [-0.4, -0.2) is 15.5 Å². The average Bonchev–Trinajstić information content (AvgIpc) is 2.54. The number of hydrogen-bond donors (Lipinski definition) is 2. The SMILES string of the molecule is Cc1cc(C)cc(NC(=O)c2c[nH]c(=O)n(-c3ccccc3)c2=O)c1. The van der Waals surface area contributed by atoms with Crippen molar-refractivity contribution >= 4 is 11.6 Å². The van der Waals surface area contributed by atoms with Crippen molar-refractivity contribution < 1.29 is 4.79 Å². The van der Waals surface area contributed by atoms with Gasteiger partial charge in [-0.25, -0.2) is 9.36 Å². The van der Waals surface area contributed by atoms with Crippen LogP contribution in [0, 0.1) is 13.8 Å². The minimum atomic E-state index is -0.670. The summed E-state index contributed by atoms with van der Waals surface area (Å²) in [6, 6.07) is 14.1. The van der Waals surface area contributed by atoms with Gasteiger partial charge in [-0.05, 0) is 49.2 Å². The molecular weight excluding hydrogens is 318 g/mol. The largest absolute Gasteiger partial charge is 0.333 e. The maximum absolute atomic E-state index is 12.6. The van der Waals surface area contributed by atoms with Gasteiger partial charge < -0.3 is 10.3 Å². The topological polar surface area (TPSA) is 84.0 Å². The zero-order valence-electron chi connectivity index (χ0n) is 13.9. The summed E-state index contributed by atoms with van der Waals surface area (Å²) in [5.41, 5.74) is 1.59. The Kier molecular flexibility index (Phi) is 4.35. The number of hydrogen-bond acceptors (Lipinski definition) is 3. The molecule has 0 spiro atoms. The summed E-state index contributed by atoms with van der Waals surface area (Å²) in [4.78, 5) is 39.6. The Morgan fingerprint density at radius 2 is 1.64 bits per heavy atom. The number of carbonyl (C=O) groups excluding carboxylic acids is 1. The Bertz CT molecular complexity index is 1030. The van der Waals surface area contributed by atoms with Crippen LogP contribution in [0.4, 0.5) is 5.69 Å². The van der Waals surface area contributed by atoms with E-state index < -0.39 is 17.2 Å². The van der Waals surface area contributed by atoms with Gasteiger partial charge in [-0.1, -0.05) is 24.3 Å². The average molecular weight is 335 g/mol. The molecule has 1 heterocycles. The highest BCUT2D eigenvalue weighted by Crippen LogP contribution is 2.14. The quantitative estimate of drug-likeness (QED) is 0.771. The van der Waals surface area contributed by atoms with Crippen LogP contribution in [0.2, 0.25) is 0 Å². The molecule has 0 aliphatic rings. The van der Waals surface area contributed by atoms with Crippen molar-refractivity contribution in [2.24, 2.45) is 0 Å². The number of H-pyrrole nitrogens is 1. The number of aryl methyl sites for hydroxylation is 2. The van der Waals surface area contributed by atoms with Crippen molar-refractivity contribution in [1.29, 1.82) is 0 Å². The zero-order valence-corrected chi connectivity index (χ0v) is 13.9. The minimum Gasteiger partial charge on any atom is -0.322 e. The lowest BCUT2D eigenvalue weighted by molar-refractivity contribution is 0.102. The molecule has 0 bridgehead atoms. The van der Waals surface area contributed by atoms with Crippen molar-refractivity contribution in [3.05, 3.63) is 92.3 Å². The van der Waals surface area contributed by atoms with Crippen LogP contribution in [0.15, 0.2) is 64.3 Å². The van der Waals surface area contributed by atoms with E-state index in [1.54, 1.807) is 30.3 Å². The minimum absolute atomic E-state index is 0.136. The van der Waals surface area contributed by atoms with Crippen molar-refractivity contribution in [2.75, 3.05) is 5.32 Å². The summed E-state index contributed by atoms with van der Waals surface area (Å²) >= 11 is 0. The lowest BCUT2D eigenvalue weighted by Crippen LogP contribution is -2.38. The Labute approximate surface area is 143 Å². The van der Waals surface area contributed by atoms with Crippen LogP contribution in [0.3, 0.4) is 0 Å². The predicted molar refractivity (Wildman–Crippen MR) is 96.5 cm³/mol. The highest BCUT2D eigenvalue weighted by Gasteiger charge is 2.16. The van der Waals surface area contributed by atoms with Crippen LogP contribution in [-0.2, 0) is 0 Å². The zero-order chi connectivity index (χ0) is 18.0. The van der Waals surface area contributed by atoms with Gasteiger partial charge in [0.05, 0.1) is 5.69 Å². The lowest BCUT2D eigenvalue weighted by atomic mass is 10.1. The number of rotatable bonds is 3. The number of amides is 1. The van der Waals surface area contributed by atoms with E-state index in [1.165, 1.54) is 0 Å². The van der Waals surface area contributed by atoms with Gasteiger partial charge in [-0.15, -0.1) is 0 Å². The van der Waals surface area contributed by atoms with Crippen LogP contribution in [0.5, 0.6) is 0 Å². The highest BCUT2D eigenvalue weighted by molar-refractivity contribution is 6.03. The van der Waals surface area contributed by atoms with E-state index in [0.717, 1.165) is 21.9 Å². The predicted octanol–water partition coefficient (Wildman–Crippen LogP) is 2.39. The fourth-order valence-electron chi connectivity index (χ4n) is 2.69. The molecule has 0 radical (unpaired) electrons. The normalized spacial score (nSPS) is 10.5. The van der Waals surface area contributed by atoms with Crippen molar-refractivity contribution in [3.8, 4) is 5.69 Å². The number of para-hydroxylation sites is 1. The Balaban J connectivity index is 2.02. The Morgan fingerprint density at radius 1 is 1.00 bits per heavy atom. The standard InChI is InChI=1S/C19H17N3O3/c1-12-8-13(2)10-14(9-12)21-17(23)16-11-20-19(25)22(18(16)24)15-6-4-3-5-7-15/h3-11H,1-2H3,(H,20,25)(H,21,23). The van der Waals surface area contributed by atoms with E-state index in [1.807, 2.05) is 32.0 Å². The number of nitrogens with zero attached hydrogens (tertiary/aromatic N) is 1. The van der Waals surface area contributed by atoms with E-state index in [2.05, 4.69) is 10.3 Å². The molecule has 0 fully saturated rings. The second-order valence-electron chi connectivity index (χ2n) is 5.81. The third-order valence-electron chi connectivity index (χ3n) is 3.72. The van der Waals surface area contributed by atoms with Crippen molar-refractivity contribution in [1.82, 2.24) is 9.55 Å². The van der Waals surface area contributed by atoms with Gasteiger partial charge in [0.2, 0.25) is 0 Å². The number of carbonyl (C=O) groups is 1. The van der Waals surface area contributed by atoms with Crippen LogP contribution >= 0.6 is 0 Å². The third-order valence-corrected chi connectivity index (χ3v) is 3.72. The Morgan fingerprint density at radius 3 is 2.28 bits per heavy atom. The molecule has 0 aliphatic carbocycles. The molecular formula is C19H17N3O3. The lowest BCUT2D eigenvalue weighted by Gasteiger charge is -2.09. The molecule has 2 N–H and O–H groups in total. The van der Waals surface area contributed by atoms with Crippen LogP contribution in [0.25, 0.3) is 5.69 Å². The fourth-order valence-corrected chi connectivity index (χ4v) is 2.69. The molecule has 3 aromatic rings. The van der Waals surface area contributed by atoms with E-state index in [4.69, 9.17) is 0 Å². The fraction of sp³-hybridized carbons (Fsp3) is 0.105. The molecule has 6 nitrogen and oxygen atoms in total. The molecule has 25 heavy (non-hydrogen) atoms. The molecule has 0 unspecified atom stereocenters. The molecule has 0 aliphatic heterocycles. The van der Waals surface area contributed by atoms with E-state index in [0.29, 0.717) is 11.4 Å². The molecule has 1 amide bonds. The Hall–Kier alpha value is -3.41.